The van der Waals surface area contributed by atoms with Crippen LogP contribution in [-0.2, 0) is 42.9 Å². The number of carbonyl (C=O) groups excluding carboxylic acids is 5. The number of hydrogen-bond donors (Lipinski definition) is 0. The maximum absolute atomic E-state index is 14.0. The molecule has 3 atom stereocenters. The van der Waals surface area contributed by atoms with Crippen molar-refractivity contribution < 1.29 is 47.7 Å². The van der Waals surface area contributed by atoms with Gasteiger partial charge in [0.15, 0.2) is 12.2 Å². The SMILES string of the molecule is C=C(C[C@@H](OC(=O)C(C)(C)C)C(=O)N1CCOCC1)[C@H](OC(=O)c1ccccc1)[C@@H](OC(=O)C(C)(C)C)C(=O)N1CCOCC1. The summed E-state index contributed by atoms with van der Waals surface area (Å²) in [6.07, 6.45) is -4.80. The van der Waals surface area contributed by atoms with E-state index >= 15 is 0 Å². The molecule has 0 N–H and O–H groups in total. The molecule has 0 aliphatic carbocycles. The molecular weight excluding hydrogens is 584 g/mol. The third kappa shape index (κ3) is 10.1. The van der Waals surface area contributed by atoms with Crippen LogP contribution in [0.5, 0.6) is 0 Å². The molecule has 248 valence electrons. The fourth-order valence-electron chi connectivity index (χ4n) is 4.44. The second kappa shape index (κ2) is 15.5. The molecule has 12 nitrogen and oxygen atoms in total. The van der Waals surface area contributed by atoms with E-state index < -0.39 is 58.9 Å². The highest BCUT2D eigenvalue weighted by atomic mass is 16.6. The van der Waals surface area contributed by atoms with E-state index in [9.17, 15) is 24.0 Å². The van der Waals surface area contributed by atoms with Gasteiger partial charge in [0.2, 0.25) is 6.10 Å². The van der Waals surface area contributed by atoms with Crippen LogP contribution in [0.25, 0.3) is 0 Å². The molecule has 3 rings (SSSR count). The first-order chi connectivity index (χ1) is 21.1. The van der Waals surface area contributed by atoms with Gasteiger partial charge in [-0.3, -0.25) is 19.2 Å². The summed E-state index contributed by atoms with van der Waals surface area (Å²) in [5.74, 6) is -3.21. The van der Waals surface area contributed by atoms with Crippen molar-refractivity contribution in [3.63, 3.8) is 0 Å². The Bertz CT molecular complexity index is 1220. The number of amides is 2. The van der Waals surface area contributed by atoms with Gasteiger partial charge in [-0.2, -0.15) is 0 Å². The van der Waals surface area contributed by atoms with Crippen molar-refractivity contribution >= 4 is 29.7 Å². The summed E-state index contributed by atoms with van der Waals surface area (Å²) >= 11 is 0. The summed E-state index contributed by atoms with van der Waals surface area (Å²) < 4.78 is 28.2. The first kappa shape index (κ1) is 35.7. The van der Waals surface area contributed by atoms with Crippen molar-refractivity contribution in [3.8, 4) is 0 Å². The zero-order valence-electron chi connectivity index (χ0n) is 27.2. The van der Waals surface area contributed by atoms with Gasteiger partial charge in [0, 0.05) is 32.6 Å². The predicted octanol–water partition coefficient (Wildman–Crippen LogP) is 2.79. The summed E-state index contributed by atoms with van der Waals surface area (Å²) in [5.41, 5.74) is -1.69. The van der Waals surface area contributed by atoms with Crippen LogP contribution < -0.4 is 0 Å². The number of ether oxygens (including phenoxy) is 5. The van der Waals surface area contributed by atoms with E-state index in [1.807, 2.05) is 0 Å². The highest BCUT2D eigenvalue weighted by molar-refractivity contribution is 5.91. The van der Waals surface area contributed by atoms with Crippen molar-refractivity contribution in [2.45, 2.75) is 66.3 Å². The van der Waals surface area contributed by atoms with E-state index in [-0.39, 0.29) is 43.9 Å². The van der Waals surface area contributed by atoms with Gasteiger partial charge in [0.25, 0.3) is 11.8 Å². The number of benzene rings is 1. The molecule has 0 spiro atoms. The highest BCUT2D eigenvalue weighted by Gasteiger charge is 2.43. The number of morpholine rings is 2. The normalized spacial score (nSPS) is 17.8. The molecule has 2 saturated heterocycles. The second-order valence-corrected chi connectivity index (χ2v) is 13.1. The number of nitrogens with zero attached hydrogens (tertiary/aromatic N) is 2. The van der Waals surface area contributed by atoms with Crippen LogP contribution in [0.3, 0.4) is 0 Å². The fourth-order valence-corrected chi connectivity index (χ4v) is 4.44. The van der Waals surface area contributed by atoms with E-state index in [1.54, 1.807) is 59.7 Å². The first-order valence-electron chi connectivity index (χ1n) is 15.2. The Hall–Kier alpha value is -3.77. The van der Waals surface area contributed by atoms with Crippen LogP contribution in [-0.4, -0.2) is 110 Å². The van der Waals surface area contributed by atoms with Crippen LogP contribution in [0, 0.1) is 10.8 Å². The minimum atomic E-state index is -1.63. The van der Waals surface area contributed by atoms with Gasteiger partial charge in [-0.05, 0) is 59.2 Å². The van der Waals surface area contributed by atoms with E-state index in [0.717, 1.165) is 0 Å². The Labute approximate surface area is 264 Å². The molecule has 1 aromatic rings. The van der Waals surface area contributed by atoms with Gasteiger partial charge >= 0.3 is 17.9 Å². The van der Waals surface area contributed by atoms with Crippen LogP contribution >= 0.6 is 0 Å². The number of rotatable bonds is 10. The second-order valence-electron chi connectivity index (χ2n) is 13.1. The van der Waals surface area contributed by atoms with Gasteiger partial charge in [0.1, 0.15) is 0 Å². The van der Waals surface area contributed by atoms with Gasteiger partial charge in [0.05, 0.1) is 42.8 Å². The molecule has 0 bridgehead atoms. The fraction of sp³-hybridized carbons (Fsp3) is 0.606. The maximum atomic E-state index is 14.0. The summed E-state index contributed by atoms with van der Waals surface area (Å²) in [7, 11) is 0. The van der Waals surface area contributed by atoms with Crippen molar-refractivity contribution in [1.82, 2.24) is 9.80 Å². The van der Waals surface area contributed by atoms with E-state index in [2.05, 4.69) is 6.58 Å². The molecule has 0 radical (unpaired) electrons. The standard InChI is InChI=1S/C33H46N2O10/c1-22(21-24(43-30(39)32(2,3)4)27(36)34-13-17-41-18-14-34)25(44-29(38)23-11-9-8-10-12-23)26(45-31(40)33(5,6)7)28(37)35-15-19-42-20-16-35/h8-12,24-26H,1,13-21H2,2-7H3/t24-,25+,26-/m1/s1. The van der Waals surface area contributed by atoms with Gasteiger partial charge in [-0.15, -0.1) is 0 Å². The lowest BCUT2D eigenvalue weighted by Crippen LogP contribution is -2.53. The summed E-state index contributed by atoms with van der Waals surface area (Å²) in [5, 5.41) is 0. The summed E-state index contributed by atoms with van der Waals surface area (Å²) in [4.78, 5) is 70.3. The van der Waals surface area contributed by atoms with Gasteiger partial charge in [-0.1, -0.05) is 24.8 Å². The van der Waals surface area contributed by atoms with Crippen LogP contribution in [0.1, 0.15) is 58.3 Å². The molecule has 12 heteroatoms. The first-order valence-corrected chi connectivity index (χ1v) is 15.2. The number of hydrogen-bond acceptors (Lipinski definition) is 10. The Morgan fingerprint density at radius 1 is 0.711 bits per heavy atom. The predicted molar refractivity (Wildman–Crippen MR) is 163 cm³/mol. The Balaban J connectivity index is 2.03. The van der Waals surface area contributed by atoms with E-state index in [1.165, 1.54) is 21.9 Å². The average Bonchev–Trinajstić information content (AvgIpc) is 3.01. The third-order valence-electron chi connectivity index (χ3n) is 7.24. The molecule has 2 aliphatic heterocycles. The molecule has 2 aliphatic rings. The summed E-state index contributed by atoms with van der Waals surface area (Å²) in [6.45, 7) is 16.2. The van der Waals surface area contributed by atoms with Crippen LogP contribution in [0.15, 0.2) is 42.5 Å². The average molecular weight is 631 g/mol. The molecular formula is C33H46N2O10. The molecule has 1 aromatic carbocycles. The Morgan fingerprint density at radius 3 is 1.67 bits per heavy atom. The quantitative estimate of drug-likeness (QED) is 0.216. The monoisotopic (exact) mass is 630 g/mol. The zero-order valence-corrected chi connectivity index (χ0v) is 27.2. The van der Waals surface area contributed by atoms with Crippen LogP contribution in [0.4, 0.5) is 0 Å². The minimum Gasteiger partial charge on any atom is -0.451 e. The zero-order chi connectivity index (χ0) is 33.4. The molecule has 0 unspecified atom stereocenters. The van der Waals surface area contributed by atoms with E-state index in [0.29, 0.717) is 26.3 Å². The molecule has 2 fully saturated rings. The Morgan fingerprint density at radius 2 is 1.18 bits per heavy atom. The number of carbonyl (C=O) groups is 5. The minimum absolute atomic E-state index is 0.0564. The molecule has 2 amide bonds. The lowest BCUT2D eigenvalue weighted by Gasteiger charge is -2.36. The van der Waals surface area contributed by atoms with Crippen molar-refractivity contribution in [2.24, 2.45) is 10.8 Å². The maximum Gasteiger partial charge on any atom is 0.338 e. The lowest BCUT2D eigenvalue weighted by molar-refractivity contribution is -0.175. The van der Waals surface area contributed by atoms with Crippen molar-refractivity contribution in [1.29, 1.82) is 0 Å². The van der Waals surface area contributed by atoms with E-state index in [4.69, 9.17) is 23.7 Å². The van der Waals surface area contributed by atoms with Crippen molar-refractivity contribution in [2.75, 3.05) is 52.6 Å². The molecule has 45 heavy (non-hydrogen) atoms. The molecule has 2 heterocycles. The Kier molecular flexibility index (Phi) is 12.3. The lowest BCUT2D eigenvalue weighted by atomic mass is 9.94. The topological polar surface area (TPSA) is 138 Å². The highest BCUT2D eigenvalue weighted by Crippen LogP contribution is 2.27. The summed E-state index contributed by atoms with van der Waals surface area (Å²) in [6, 6.07) is 8.11. The van der Waals surface area contributed by atoms with Crippen LogP contribution in [0.2, 0.25) is 0 Å². The van der Waals surface area contributed by atoms with Gasteiger partial charge < -0.3 is 33.5 Å². The third-order valence-corrected chi connectivity index (χ3v) is 7.24. The smallest absolute Gasteiger partial charge is 0.338 e. The molecule has 0 saturated carbocycles. The molecule has 0 aromatic heterocycles. The largest absolute Gasteiger partial charge is 0.451 e. The number of esters is 3. The van der Waals surface area contributed by atoms with Gasteiger partial charge in [-0.25, -0.2) is 4.79 Å². The van der Waals surface area contributed by atoms with Crippen molar-refractivity contribution in [3.05, 3.63) is 48.0 Å².